The van der Waals surface area contributed by atoms with Crippen molar-refractivity contribution in [3.63, 3.8) is 0 Å². The van der Waals surface area contributed by atoms with Gasteiger partial charge in [-0.25, -0.2) is 9.97 Å². The summed E-state index contributed by atoms with van der Waals surface area (Å²) in [6, 6.07) is 4.43. The second kappa shape index (κ2) is 7.30. The lowest BCUT2D eigenvalue weighted by Gasteiger charge is -2.09. The molecule has 0 radical (unpaired) electrons. The number of carbonyl (C=O) groups is 1. The van der Waals surface area contributed by atoms with Crippen LogP contribution in [0.25, 0.3) is 10.9 Å². The van der Waals surface area contributed by atoms with Crippen molar-refractivity contribution >= 4 is 28.3 Å². The number of aromatic nitrogens is 2. The maximum atomic E-state index is 11.3. The van der Waals surface area contributed by atoms with E-state index >= 15 is 0 Å². The maximum absolute atomic E-state index is 11.3. The average Bonchev–Trinajstić information content (AvgIpc) is 2.51. The van der Waals surface area contributed by atoms with Crippen molar-refractivity contribution in [1.82, 2.24) is 15.3 Å². The van der Waals surface area contributed by atoms with Crippen molar-refractivity contribution in [1.29, 1.82) is 0 Å². The highest BCUT2D eigenvalue weighted by molar-refractivity contribution is 5.90. The number of nitro groups is 1. The summed E-state index contributed by atoms with van der Waals surface area (Å²) in [6.45, 7) is 2.88. The van der Waals surface area contributed by atoms with Gasteiger partial charge in [0.2, 0.25) is 5.91 Å². The minimum absolute atomic E-state index is 0.00693. The molecule has 8 heteroatoms. The van der Waals surface area contributed by atoms with Crippen molar-refractivity contribution in [3.8, 4) is 0 Å². The van der Waals surface area contributed by atoms with Crippen LogP contribution in [0.4, 0.5) is 11.5 Å². The van der Waals surface area contributed by atoms with E-state index in [1.165, 1.54) is 18.5 Å². The smallest absolute Gasteiger partial charge is 0.270 e. The number of fused-ring (bicyclic) bond motifs is 1. The highest BCUT2D eigenvalue weighted by Gasteiger charge is 2.10. The molecule has 1 aromatic carbocycles. The first kappa shape index (κ1) is 15.6. The van der Waals surface area contributed by atoms with Crippen LogP contribution in [0.5, 0.6) is 0 Å². The summed E-state index contributed by atoms with van der Waals surface area (Å²) >= 11 is 0. The topological polar surface area (TPSA) is 110 Å². The molecule has 0 aliphatic rings. The molecule has 1 amide bonds. The van der Waals surface area contributed by atoms with Crippen LogP contribution in [0.15, 0.2) is 24.5 Å². The van der Waals surface area contributed by atoms with Gasteiger partial charge in [0.1, 0.15) is 12.1 Å². The summed E-state index contributed by atoms with van der Waals surface area (Å²) in [7, 11) is 0. The predicted molar refractivity (Wildman–Crippen MR) is 82.6 cm³/mol. The van der Waals surface area contributed by atoms with Crippen LogP contribution in [0.1, 0.15) is 19.8 Å². The number of hydrogen-bond donors (Lipinski definition) is 2. The molecule has 0 bridgehead atoms. The molecule has 1 aromatic heterocycles. The fourth-order valence-electron chi connectivity index (χ4n) is 2.00. The fraction of sp³-hybridized carbons (Fsp3) is 0.357. The molecule has 2 N–H and O–H groups in total. The molecule has 2 rings (SSSR count). The van der Waals surface area contributed by atoms with Crippen LogP contribution in [-0.4, -0.2) is 33.9 Å². The molecular weight excluding hydrogens is 286 g/mol. The maximum Gasteiger partial charge on any atom is 0.270 e. The molecule has 1 heterocycles. The van der Waals surface area contributed by atoms with Crippen molar-refractivity contribution in [3.05, 3.63) is 34.6 Å². The Morgan fingerprint density at radius 2 is 2.14 bits per heavy atom. The summed E-state index contributed by atoms with van der Waals surface area (Å²) in [6.07, 6.45) is 2.70. The number of benzene rings is 1. The molecule has 0 atom stereocenters. The second-order valence-corrected chi connectivity index (χ2v) is 4.71. The van der Waals surface area contributed by atoms with E-state index in [2.05, 4.69) is 20.6 Å². The van der Waals surface area contributed by atoms with Gasteiger partial charge in [0, 0.05) is 37.0 Å². The number of nitrogens with one attached hydrogen (secondary N) is 2. The van der Waals surface area contributed by atoms with Gasteiger partial charge in [-0.1, -0.05) is 6.92 Å². The molecule has 116 valence electrons. The van der Waals surface area contributed by atoms with E-state index in [0.29, 0.717) is 36.2 Å². The molecule has 0 fully saturated rings. The number of rotatable bonds is 7. The summed E-state index contributed by atoms with van der Waals surface area (Å²) in [5.41, 5.74) is 0.611. The van der Waals surface area contributed by atoms with Crippen LogP contribution in [-0.2, 0) is 4.79 Å². The van der Waals surface area contributed by atoms with E-state index in [4.69, 9.17) is 0 Å². The molecule has 0 unspecified atom stereocenters. The Morgan fingerprint density at radius 3 is 2.86 bits per heavy atom. The predicted octanol–water partition coefficient (Wildman–Crippen LogP) is 1.87. The minimum Gasteiger partial charge on any atom is -0.368 e. The number of hydrogen-bond acceptors (Lipinski definition) is 6. The Labute approximate surface area is 127 Å². The SMILES string of the molecule is CCCC(=O)NCCNc1ncnc2ccc([N+](=O)[O-])cc12. The molecule has 0 saturated heterocycles. The standard InChI is InChI=1S/C14H17N5O3/c1-2-3-13(20)15-6-7-16-14-11-8-10(19(21)22)4-5-12(11)17-9-18-14/h4-5,8-9H,2-3,6-7H2,1H3,(H,15,20)(H,16,17,18). The number of non-ortho nitro benzene ring substituents is 1. The summed E-state index contributed by atoms with van der Waals surface area (Å²) in [5, 5.41) is 17.3. The Kier molecular flexibility index (Phi) is 5.18. The first-order valence-electron chi connectivity index (χ1n) is 7.01. The highest BCUT2D eigenvalue weighted by atomic mass is 16.6. The van der Waals surface area contributed by atoms with E-state index in [-0.39, 0.29) is 11.6 Å². The molecule has 0 aliphatic heterocycles. The van der Waals surface area contributed by atoms with E-state index in [0.717, 1.165) is 6.42 Å². The van der Waals surface area contributed by atoms with Gasteiger partial charge in [0.15, 0.2) is 0 Å². The Hall–Kier alpha value is -2.77. The van der Waals surface area contributed by atoms with E-state index < -0.39 is 4.92 Å². The van der Waals surface area contributed by atoms with Crippen LogP contribution in [0, 0.1) is 10.1 Å². The molecule has 8 nitrogen and oxygen atoms in total. The lowest BCUT2D eigenvalue weighted by molar-refractivity contribution is -0.384. The third-order valence-electron chi connectivity index (χ3n) is 3.05. The van der Waals surface area contributed by atoms with Crippen molar-refractivity contribution in [2.75, 3.05) is 18.4 Å². The zero-order valence-electron chi connectivity index (χ0n) is 12.2. The van der Waals surface area contributed by atoms with Gasteiger partial charge < -0.3 is 10.6 Å². The quantitative estimate of drug-likeness (QED) is 0.459. The van der Waals surface area contributed by atoms with Crippen molar-refractivity contribution in [2.45, 2.75) is 19.8 Å². The second-order valence-electron chi connectivity index (χ2n) is 4.71. The Balaban J connectivity index is 2.05. The monoisotopic (exact) mass is 303 g/mol. The van der Waals surface area contributed by atoms with Gasteiger partial charge in [-0.05, 0) is 12.5 Å². The summed E-state index contributed by atoms with van der Waals surface area (Å²) < 4.78 is 0. The zero-order chi connectivity index (χ0) is 15.9. The third kappa shape index (κ3) is 3.87. The van der Waals surface area contributed by atoms with Gasteiger partial charge in [0.25, 0.3) is 5.69 Å². The largest absolute Gasteiger partial charge is 0.368 e. The molecular formula is C14H17N5O3. The number of anilines is 1. The van der Waals surface area contributed by atoms with Crippen LogP contribution in [0.3, 0.4) is 0 Å². The van der Waals surface area contributed by atoms with Crippen molar-refractivity contribution in [2.24, 2.45) is 0 Å². The Bertz CT molecular complexity index is 689. The summed E-state index contributed by atoms with van der Waals surface area (Å²) in [5.74, 6) is 0.519. The first-order valence-corrected chi connectivity index (χ1v) is 7.01. The number of carbonyl (C=O) groups excluding carboxylic acids is 1. The lowest BCUT2D eigenvalue weighted by atomic mass is 10.2. The van der Waals surface area contributed by atoms with Gasteiger partial charge in [-0.2, -0.15) is 0 Å². The average molecular weight is 303 g/mol. The molecule has 0 saturated carbocycles. The Morgan fingerprint density at radius 1 is 1.32 bits per heavy atom. The molecule has 22 heavy (non-hydrogen) atoms. The number of amides is 1. The van der Waals surface area contributed by atoms with Gasteiger partial charge in [-0.3, -0.25) is 14.9 Å². The van der Waals surface area contributed by atoms with Crippen LogP contribution < -0.4 is 10.6 Å². The highest BCUT2D eigenvalue weighted by Crippen LogP contribution is 2.23. The van der Waals surface area contributed by atoms with Gasteiger partial charge in [-0.15, -0.1) is 0 Å². The van der Waals surface area contributed by atoms with Crippen LogP contribution in [0.2, 0.25) is 0 Å². The zero-order valence-corrected chi connectivity index (χ0v) is 12.2. The normalized spacial score (nSPS) is 10.4. The molecule has 2 aromatic rings. The van der Waals surface area contributed by atoms with Gasteiger partial charge >= 0.3 is 0 Å². The number of nitrogens with zero attached hydrogens (tertiary/aromatic N) is 3. The van der Waals surface area contributed by atoms with E-state index in [1.54, 1.807) is 6.07 Å². The van der Waals surface area contributed by atoms with Crippen LogP contribution >= 0.6 is 0 Å². The fourth-order valence-corrected chi connectivity index (χ4v) is 2.00. The first-order chi connectivity index (χ1) is 10.6. The molecule has 0 spiro atoms. The molecule has 0 aliphatic carbocycles. The third-order valence-corrected chi connectivity index (χ3v) is 3.05. The lowest BCUT2D eigenvalue weighted by Crippen LogP contribution is -2.28. The van der Waals surface area contributed by atoms with Crippen molar-refractivity contribution < 1.29 is 9.72 Å². The van der Waals surface area contributed by atoms with E-state index in [1.807, 2.05) is 6.92 Å². The number of nitro benzene ring substituents is 1. The van der Waals surface area contributed by atoms with Gasteiger partial charge in [0.05, 0.1) is 10.4 Å². The minimum atomic E-state index is -0.457. The summed E-state index contributed by atoms with van der Waals surface area (Å²) in [4.78, 5) is 29.9. The van der Waals surface area contributed by atoms with E-state index in [9.17, 15) is 14.9 Å².